The van der Waals surface area contributed by atoms with Crippen LogP contribution in [0.3, 0.4) is 0 Å². The molecule has 3 aromatic rings. The van der Waals surface area contributed by atoms with Gasteiger partial charge in [0.25, 0.3) is 5.91 Å². The fourth-order valence-electron chi connectivity index (χ4n) is 5.85. The number of amides is 3. The van der Waals surface area contributed by atoms with Crippen LogP contribution in [0.15, 0.2) is 49.1 Å². The smallest absolute Gasteiger partial charge is 0.268 e. The quantitative estimate of drug-likeness (QED) is 0.544. The Kier molecular flexibility index (Phi) is 5.25. The average Bonchev–Trinajstić information content (AvgIpc) is 3.62. The number of fused-ring (bicyclic) bond motifs is 1. The van der Waals surface area contributed by atoms with E-state index in [-0.39, 0.29) is 29.2 Å². The maximum atomic E-state index is 13.2. The van der Waals surface area contributed by atoms with Gasteiger partial charge in [-0.3, -0.25) is 19.7 Å². The van der Waals surface area contributed by atoms with Gasteiger partial charge in [0, 0.05) is 32.1 Å². The lowest BCUT2D eigenvalue weighted by Gasteiger charge is -2.46. The minimum Gasteiger partial charge on any atom is -0.339 e. The molecule has 4 heterocycles. The first-order valence-corrected chi connectivity index (χ1v) is 12.9. The molecule has 3 amide bonds. The molecule has 3 fully saturated rings. The summed E-state index contributed by atoms with van der Waals surface area (Å²) in [6.45, 7) is 5.85. The molecule has 0 atom stereocenters. The number of hydrogen-bond acceptors (Lipinski definition) is 5. The zero-order chi connectivity index (χ0) is 24.2. The number of anilines is 2. The van der Waals surface area contributed by atoms with Crippen molar-refractivity contribution in [1.29, 1.82) is 0 Å². The van der Waals surface area contributed by atoms with E-state index < -0.39 is 0 Å². The summed E-state index contributed by atoms with van der Waals surface area (Å²) in [7, 11) is 0. The molecule has 1 aliphatic carbocycles. The highest BCUT2D eigenvalue weighted by molar-refractivity contribution is 7.18. The Bertz CT molecular complexity index is 1350. The number of nitrogens with one attached hydrogen (secondary N) is 1. The summed E-state index contributed by atoms with van der Waals surface area (Å²) >= 11 is 1.33. The normalized spacial score (nSPS) is 23.8. The number of para-hydroxylation sites is 2. The third-order valence-corrected chi connectivity index (χ3v) is 8.71. The van der Waals surface area contributed by atoms with Gasteiger partial charge in [0.1, 0.15) is 0 Å². The van der Waals surface area contributed by atoms with Gasteiger partial charge in [-0.25, -0.2) is 4.98 Å². The molecule has 2 aliphatic heterocycles. The van der Waals surface area contributed by atoms with E-state index in [1.165, 1.54) is 17.4 Å². The molecule has 6 rings (SSSR count). The third-order valence-electron chi connectivity index (χ3n) is 7.60. The summed E-state index contributed by atoms with van der Waals surface area (Å²) in [5.41, 5.74) is 1.96. The van der Waals surface area contributed by atoms with Crippen LogP contribution in [0.2, 0.25) is 0 Å². The first kappa shape index (κ1) is 22.0. The second-order valence-corrected chi connectivity index (χ2v) is 10.9. The average molecular weight is 490 g/mol. The standard InChI is InChI=1S/C26H27N5O3S/c1-2-21(32)29-13-11-26(16-29)14-17(15-26)31-19-7-4-3-6-18(19)27-25(31)28-24(34)20-9-10-23(35-20)30-12-5-8-22(30)33/h2-4,6-7,9-10,17H,1,5,8,11-16H2,(H,27,28,34). The minimum atomic E-state index is -0.220. The lowest BCUT2D eigenvalue weighted by atomic mass is 9.65. The Morgan fingerprint density at radius 3 is 2.77 bits per heavy atom. The molecule has 0 radical (unpaired) electrons. The predicted molar refractivity (Wildman–Crippen MR) is 136 cm³/mol. The Morgan fingerprint density at radius 1 is 1.17 bits per heavy atom. The molecule has 0 bridgehead atoms. The van der Waals surface area contributed by atoms with Crippen LogP contribution >= 0.6 is 11.3 Å². The molecule has 1 spiro atoms. The summed E-state index contributed by atoms with van der Waals surface area (Å²) in [4.78, 5) is 46.3. The van der Waals surface area contributed by atoms with Crippen molar-refractivity contribution in [2.75, 3.05) is 29.9 Å². The van der Waals surface area contributed by atoms with Gasteiger partial charge >= 0.3 is 0 Å². The lowest BCUT2D eigenvalue weighted by Crippen LogP contribution is -2.42. The van der Waals surface area contributed by atoms with Crippen LogP contribution in [0.1, 0.15) is 47.8 Å². The van der Waals surface area contributed by atoms with E-state index in [9.17, 15) is 14.4 Å². The number of rotatable bonds is 5. The zero-order valence-corrected chi connectivity index (χ0v) is 20.2. The molecule has 1 N–H and O–H groups in total. The van der Waals surface area contributed by atoms with E-state index in [4.69, 9.17) is 4.98 Å². The Labute approximate surface area is 207 Å². The summed E-state index contributed by atoms with van der Waals surface area (Å²) in [6, 6.07) is 11.7. The summed E-state index contributed by atoms with van der Waals surface area (Å²) < 4.78 is 2.15. The monoisotopic (exact) mass is 489 g/mol. The van der Waals surface area contributed by atoms with Crippen molar-refractivity contribution in [3.8, 4) is 0 Å². The molecule has 3 aliphatic rings. The van der Waals surface area contributed by atoms with Crippen LogP contribution in [0.5, 0.6) is 0 Å². The lowest BCUT2D eigenvalue weighted by molar-refractivity contribution is -0.125. The fraction of sp³-hybridized carbons (Fsp3) is 0.385. The maximum absolute atomic E-state index is 13.2. The van der Waals surface area contributed by atoms with Gasteiger partial charge in [-0.2, -0.15) is 0 Å². The van der Waals surface area contributed by atoms with Crippen LogP contribution in [-0.2, 0) is 9.59 Å². The van der Waals surface area contributed by atoms with Crippen molar-refractivity contribution >= 4 is 51.0 Å². The van der Waals surface area contributed by atoms with Crippen LogP contribution in [0.25, 0.3) is 11.0 Å². The van der Waals surface area contributed by atoms with Gasteiger partial charge < -0.3 is 14.4 Å². The van der Waals surface area contributed by atoms with Crippen LogP contribution in [-0.4, -0.2) is 51.8 Å². The van der Waals surface area contributed by atoms with Gasteiger partial charge in [0.2, 0.25) is 17.8 Å². The molecule has 8 nitrogen and oxygen atoms in total. The van der Waals surface area contributed by atoms with Gasteiger partial charge in [-0.15, -0.1) is 11.3 Å². The summed E-state index contributed by atoms with van der Waals surface area (Å²) in [6.07, 6.45) is 5.68. The van der Waals surface area contributed by atoms with E-state index >= 15 is 0 Å². The zero-order valence-electron chi connectivity index (χ0n) is 19.4. The van der Waals surface area contributed by atoms with Crippen molar-refractivity contribution in [2.45, 2.75) is 38.1 Å². The van der Waals surface area contributed by atoms with Crippen molar-refractivity contribution < 1.29 is 14.4 Å². The number of carbonyl (C=O) groups excluding carboxylic acids is 3. The van der Waals surface area contributed by atoms with Gasteiger partial charge in [-0.1, -0.05) is 18.7 Å². The summed E-state index contributed by atoms with van der Waals surface area (Å²) in [5.74, 6) is 0.430. The maximum Gasteiger partial charge on any atom is 0.268 e. The Hall–Kier alpha value is -3.46. The number of likely N-dealkylation sites (tertiary alicyclic amines) is 1. The van der Waals surface area contributed by atoms with E-state index in [0.29, 0.717) is 23.8 Å². The van der Waals surface area contributed by atoms with Crippen molar-refractivity contribution in [2.24, 2.45) is 5.41 Å². The molecule has 9 heteroatoms. The molecule has 2 saturated heterocycles. The topological polar surface area (TPSA) is 87.5 Å². The number of hydrogen-bond donors (Lipinski definition) is 1. The van der Waals surface area contributed by atoms with E-state index in [1.807, 2.05) is 35.2 Å². The van der Waals surface area contributed by atoms with Gasteiger partial charge in [0.15, 0.2) is 0 Å². The molecule has 0 unspecified atom stereocenters. The van der Waals surface area contributed by atoms with Crippen LogP contribution < -0.4 is 10.2 Å². The SMILES string of the molecule is C=CC(=O)N1CCC2(CC(n3c(NC(=O)c4ccc(N5CCCC5=O)s4)nc4ccccc43)C2)C1. The molecular formula is C26H27N5O3S. The van der Waals surface area contributed by atoms with Crippen molar-refractivity contribution in [3.63, 3.8) is 0 Å². The first-order chi connectivity index (χ1) is 17.0. The second-order valence-electron chi connectivity index (χ2n) is 9.81. The number of nitrogens with zero attached hydrogens (tertiary/aromatic N) is 4. The highest BCUT2D eigenvalue weighted by atomic mass is 32.1. The number of thiophene rings is 1. The highest BCUT2D eigenvalue weighted by Crippen LogP contribution is 2.55. The van der Waals surface area contributed by atoms with Crippen molar-refractivity contribution in [1.82, 2.24) is 14.5 Å². The number of carbonyl (C=O) groups is 3. The van der Waals surface area contributed by atoms with Gasteiger partial charge in [0.05, 0.1) is 20.9 Å². The predicted octanol–water partition coefficient (Wildman–Crippen LogP) is 4.22. The number of benzene rings is 1. The minimum absolute atomic E-state index is 0.00249. The molecule has 35 heavy (non-hydrogen) atoms. The Balaban J connectivity index is 1.23. The fourth-order valence-corrected chi connectivity index (χ4v) is 6.79. The number of imidazole rings is 1. The molecule has 1 aromatic carbocycles. The molecule has 2 aromatic heterocycles. The first-order valence-electron chi connectivity index (χ1n) is 12.1. The molecule has 180 valence electrons. The van der Waals surface area contributed by atoms with Crippen molar-refractivity contribution in [3.05, 3.63) is 53.9 Å². The molecular weight excluding hydrogens is 462 g/mol. The number of aromatic nitrogens is 2. The van der Waals surface area contributed by atoms with Crippen LogP contribution in [0.4, 0.5) is 10.9 Å². The summed E-state index contributed by atoms with van der Waals surface area (Å²) in [5, 5.41) is 3.85. The third kappa shape index (κ3) is 3.74. The van der Waals surface area contributed by atoms with E-state index in [2.05, 4.69) is 16.5 Å². The van der Waals surface area contributed by atoms with Gasteiger partial charge in [-0.05, 0) is 61.4 Å². The van der Waals surface area contributed by atoms with E-state index in [0.717, 1.165) is 54.8 Å². The van der Waals surface area contributed by atoms with Crippen LogP contribution in [0, 0.1) is 5.41 Å². The second kappa shape index (κ2) is 8.34. The van der Waals surface area contributed by atoms with E-state index in [1.54, 1.807) is 11.0 Å². The Morgan fingerprint density at radius 2 is 2.00 bits per heavy atom. The highest BCUT2D eigenvalue weighted by Gasteiger charge is 2.50. The largest absolute Gasteiger partial charge is 0.339 e. The molecule has 1 saturated carbocycles.